The standard InChI is InChI=1S/C14H16ClNO3S2/c1-6-10(21(15,18)19)5-9(20-6)14(17)16-13-11-7-2-3-8(4-7)12(11)13/h5,7-8,11-13H,2-4H2,1H3,(H,16,17). The van der Waals surface area contributed by atoms with Gasteiger partial charge >= 0.3 is 0 Å². The van der Waals surface area contributed by atoms with E-state index in [-0.39, 0.29) is 10.8 Å². The van der Waals surface area contributed by atoms with Crippen LogP contribution in [0.1, 0.15) is 33.8 Å². The van der Waals surface area contributed by atoms with E-state index in [1.165, 1.54) is 36.7 Å². The predicted molar refractivity (Wildman–Crippen MR) is 81.2 cm³/mol. The Balaban J connectivity index is 1.50. The van der Waals surface area contributed by atoms with Crippen LogP contribution in [0.3, 0.4) is 0 Å². The predicted octanol–water partition coefficient (Wildman–Crippen LogP) is 2.76. The first-order chi connectivity index (χ1) is 9.86. The molecule has 0 aromatic carbocycles. The average Bonchev–Trinajstić information content (AvgIpc) is 2.81. The minimum absolute atomic E-state index is 0.0513. The molecule has 114 valence electrons. The summed E-state index contributed by atoms with van der Waals surface area (Å²) in [6.45, 7) is 1.67. The highest BCUT2D eigenvalue weighted by Gasteiger charge is 2.65. The molecular weight excluding hydrogens is 330 g/mol. The van der Waals surface area contributed by atoms with Crippen LogP contribution in [0, 0.1) is 30.6 Å². The molecule has 4 atom stereocenters. The molecule has 21 heavy (non-hydrogen) atoms. The monoisotopic (exact) mass is 345 g/mol. The van der Waals surface area contributed by atoms with Gasteiger partial charge in [0.15, 0.2) is 0 Å². The van der Waals surface area contributed by atoms with Crippen molar-refractivity contribution < 1.29 is 13.2 Å². The molecule has 3 aliphatic rings. The smallest absolute Gasteiger partial charge is 0.262 e. The summed E-state index contributed by atoms with van der Waals surface area (Å²) in [7, 11) is 1.59. The fourth-order valence-electron chi connectivity index (χ4n) is 4.56. The zero-order chi connectivity index (χ0) is 14.9. The Kier molecular flexibility index (Phi) is 2.98. The molecule has 2 bridgehead atoms. The summed E-state index contributed by atoms with van der Waals surface area (Å²) in [5.41, 5.74) is 0. The molecule has 3 aliphatic carbocycles. The Hall–Kier alpha value is -0.590. The number of fused-ring (bicyclic) bond motifs is 5. The van der Waals surface area contributed by atoms with Gasteiger partial charge in [-0.15, -0.1) is 11.3 Å². The summed E-state index contributed by atoms with van der Waals surface area (Å²) in [5, 5.41) is 3.10. The fraction of sp³-hybridized carbons (Fsp3) is 0.643. The van der Waals surface area contributed by atoms with Crippen LogP contribution in [0.15, 0.2) is 11.0 Å². The van der Waals surface area contributed by atoms with E-state index in [1.54, 1.807) is 6.92 Å². The number of carbonyl (C=O) groups excluding carboxylic acids is 1. The van der Waals surface area contributed by atoms with Crippen LogP contribution >= 0.6 is 22.0 Å². The quantitative estimate of drug-likeness (QED) is 0.857. The summed E-state index contributed by atoms with van der Waals surface area (Å²) in [4.78, 5) is 13.4. The fourth-order valence-corrected chi connectivity index (χ4v) is 7.13. The molecule has 1 aromatic heterocycles. The summed E-state index contributed by atoms with van der Waals surface area (Å²) < 4.78 is 22.8. The van der Waals surface area contributed by atoms with E-state index in [1.807, 2.05) is 0 Å². The second-order valence-corrected chi connectivity index (χ2v) is 10.2. The minimum Gasteiger partial charge on any atom is -0.348 e. The lowest BCUT2D eigenvalue weighted by Gasteiger charge is -2.09. The topological polar surface area (TPSA) is 63.2 Å². The van der Waals surface area contributed by atoms with E-state index >= 15 is 0 Å². The van der Waals surface area contributed by atoms with Crippen molar-refractivity contribution in [2.75, 3.05) is 0 Å². The zero-order valence-electron chi connectivity index (χ0n) is 11.5. The second kappa shape index (κ2) is 4.46. The Morgan fingerprint density at radius 2 is 1.95 bits per heavy atom. The molecule has 0 radical (unpaired) electrons. The van der Waals surface area contributed by atoms with Gasteiger partial charge in [0, 0.05) is 21.6 Å². The largest absolute Gasteiger partial charge is 0.348 e. The Morgan fingerprint density at radius 3 is 2.48 bits per heavy atom. The first-order valence-corrected chi connectivity index (χ1v) is 10.3. The van der Waals surface area contributed by atoms with E-state index in [2.05, 4.69) is 5.32 Å². The molecule has 1 aromatic rings. The highest BCUT2D eigenvalue weighted by molar-refractivity contribution is 8.13. The molecule has 3 saturated carbocycles. The summed E-state index contributed by atoms with van der Waals surface area (Å²) >= 11 is 1.19. The van der Waals surface area contributed by atoms with Crippen molar-refractivity contribution >= 4 is 37.0 Å². The lowest BCUT2D eigenvalue weighted by molar-refractivity contribution is 0.0948. The number of hydrogen-bond acceptors (Lipinski definition) is 4. The number of halogens is 1. The van der Waals surface area contributed by atoms with Crippen molar-refractivity contribution in [1.82, 2.24) is 5.32 Å². The van der Waals surface area contributed by atoms with Crippen LogP contribution in [0.25, 0.3) is 0 Å². The van der Waals surface area contributed by atoms with E-state index in [9.17, 15) is 13.2 Å². The lowest BCUT2D eigenvalue weighted by Crippen LogP contribution is -2.29. The van der Waals surface area contributed by atoms with Gasteiger partial charge in [-0.3, -0.25) is 4.79 Å². The van der Waals surface area contributed by atoms with Crippen LogP contribution < -0.4 is 5.32 Å². The SMILES string of the molecule is Cc1sc(C(=O)NC2C3C4CCC(C4)C23)cc1S(=O)(=O)Cl. The third-order valence-corrected chi connectivity index (χ3v) is 8.02. The van der Waals surface area contributed by atoms with Crippen LogP contribution in [-0.2, 0) is 9.05 Å². The minimum atomic E-state index is -3.78. The number of carbonyl (C=O) groups is 1. The number of rotatable bonds is 3. The van der Waals surface area contributed by atoms with Gasteiger partial charge in [-0.1, -0.05) is 0 Å². The van der Waals surface area contributed by atoms with Crippen molar-refractivity contribution in [2.24, 2.45) is 23.7 Å². The number of hydrogen-bond donors (Lipinski definition) is 1. The van der Waals surface area contributed by atoms with E-state index in [4.69, 9.17) is 10.7 Å². The molecule has 0 aliphatic heterocycles. The highest BCUT2D eigenvalue weighted by atomic mass is 35.7. The third kappa shape index (κ3) is 2.14. The Morgan fingerprint density at radius 1 is 1.33 bits per heavy atom. The van der Waals surface area contributed by atoms with Gasteiger partial charge in [-0.05, 0) is 55.9 Å². The van der Waals surface area contributed by atoms with Gasteiger partial charge in [0.1, 0.15) is 0 Å². The lowest BCUT2D eigenvalue weighted by atomic mass is 10.0. The van der Waals surface area contributed by atoms with Crippen molar-refractivity contribution in [1.29, 1.82) is 0 Å². The molecule has 4 rings (SSSR count). The second-order valence-electron chi connectivity index (χ2n) is 6.46. The summed E-state index contributed by atoms with van der Waals surface area (Å²) in [6, 6.07) is 1.70. The third-order valence-electron chi connectivity index (χ3n) is 5.39. The van der Waals surface area contributed by atoms with Crippen LogP contribution in [0.5, 0.6) is 0 Å². The van der Waals surface area contributed by atoms with Gasteiger partial charge < -0.3 is 5.32 Å². The molecular formula is C14H16ClNO3S2. The summed E-state index contributed by atoms with van der Waals surface area (Å²) in [6.07, 6.45) is 3.96. The van der Waals surface area contributed by atoms with E-state index < -0.39 is 9.05 Å². The van der Waals surface area contributed by atoms with Crippen molar-refractivity contribution in [3.63, 3.8) is 0 Å². The van der Waals surface area contributed by atoms with Crippen molar-refractivity contribution in [3.8, 4) is 0 Å². The molecule has 0 spiro atoms. The molecule has 0 saturated heterocycles. The molecule has 4 nitrogen and oxygen atoms in total. The van der Waals surface area contributed by atoms with E-state index in [0.29, 0.717) is 27.6 Å². The van der Waals surface area contributed by atoms with E-state index in [0.717, 1.165) is 11.8 Å². The van der Waals surface area contributed by atoms with Gasteiger partial charge in [0.05, 0.1) is 9.77 Å². The number of thiophene rings is 1. The number of amides is 1. The van der Waals surface area contributed by atoms with Crippen molar-refractivity contribution in [2.45, 2.75) is 37.1 Å². The average molecular weight is 346 g/mol. The van der Waals surface area contributed by atoms with Crippen molar-refractivity contribution in [3.05, 3.63) is 15.8 Å². The van der Waals surface area contributed by atoms with Crippen LogP contribution in [0.4, 0.5) is 0 Å². The molecule has 1 amide bonds. The van der Waals surface area contributed by atoms with Crippen LogP contribution in [0.2, 0.25) is 0 Å². The first kappa shape index (κ1) is 14.0. The molecule has 1 heterocycles. The normalized spacial score (nSPS) is 36.6. The maximum Gasteiger partial charge on any atom is 0.262 e. The molecule has 4 unspecified atom stereocenters. The maximum atomic E-state index is 12.3. The van der Waals surface area contributed by atoms with Gasteiger partial charge in [-0.25, -0.2) is 8.42 Å². The molecule has 3 fully saturated rings. The number of aryl methyl sites for hydroxylation is 1. The maximum absolute atomic E-state index is 12.3. The highest BCUT2D eigenvalue weighted by Crippen LogP contribution is 2.65. The van der Waals surface area contributed by atoms with Gasteiger partial charge in [0.2, 0.25) is 0 Å². The molecule has 1 N–H and O–H groups in total. The summed E-state index contributed by atoms with van der Waals surface area (Å²) in [5.74, 6) is 2.78. The zero-order valence-corrected chi connectivity index (χ0v) is 13.9. The Labute approximate surface area is 132 Å². The van der Waals surface area contributed by atoms with Gasteiger partial charge in [-0.2, -0.15) is 0 Å². The number of nitrogens with one attached hydrogen (secondary N) is 1. The van der Waals surface area contributed by atoms with Crippen LogP contribution in [-0.4, -0.2) is 20.4 Å². The Bertz CT molecular complexity index is 711. The first-order valence-electron chi connectivity index (χ1n) is 7.22. The molecule has 7 heteroatoms. The van der Waals surface area contributed by atoms with Gasteiger partial charge in [0.25, 0.3) is 15.0 Å².